The predicted molar refractivity (Wildman–Crippen MR) is 171 cm³/mol. The third-order valence-electron chi connectivity index (χ3n) is 8.86. The Balaban J connectivity index is 1.26. The summed E-state index contributed by atoms with van der Waals surface area (Å²) in [5, 5.41) is 3.83. The number of nitrogens with two attached hydrogens (primary N) is 1. The van der Waals surface area contributed by atoms with Crippen LogP contribution in [0.4, 0.5) is 0 Å². The molecule has 0 bridgehead atoms. The first-order chi connectivity index (χ1) is 19.5. The highest BCUT2D eigenvalue weighted by atomic mass is 14.9. The minimum Gasteiger partial charge on any atom is -0.398 e. The fourth-order valence-electron chi connectivity index (χ4n) is 6.56. The average Bonchev–Trinajstić information content (AvgIpc) is 3.15. The van der Waals surface area contributed by atoms with Crippen LogP contribution in [0.3, 0.4) is 0 Å². The molecule has 3 N–H and O–H groups in total. The van der Waals surface area contributed by atoms with Crippen LogP contribution in [-0.4, -0.2) is 6.04 Å². The van der Waals surface area contributed by atoms with Gasteiger partial charge in [0.25, 0.3) is 0 Å². The summed E-state index contributed by atoms with van der Waals surface area (Å²) in [7, 11) is 0. The lowest BCUT2D eigenvalue weighted by Gasteiger charge is -2.24. The van der Waals surface area contributed by atoms with Gasteiger partial charge in [0.05, 0.1) is 0 Å². The molecule has 3 aliphatic carbocycles. The second kappa shape index (κ2) is 11.3. The van der Waals surface area contributed by atoms with Crippen molar-refractivity contribution < 1.29 is 0 Å². The molecule has 2 heteroatoms. The summed E-state index contributed by atoms with van der Waals surface area (Å²) >= 11 is 0. The minimum atomic E-state index is 0.0614. The van der Waals surface area contributed by atoms with Crippen molar-refractivity contribution in [2.24, 2.45) is 5.73 Å². The normalized spacial score (nSPS) is 18.6. The molecule has 0 saturated carbocycles. The molecule has 0 spiro atoms. The van der Waals surface area contributed by atoms with E-state index in [0.29, 0.717) is 0 Å². The molecule has 0 heterocycles. The summed E-state index contributed by atoms with van der Waals surface area (Å²) in [6.07, 6.45) is 19.4. The first-order valence-electron chi connectivity index (χ1n) is 14.8. The largest absolute Gasteiger partial charge is 0.398 e. The third-order valence-corrected chi connectivity index (χ3v) is 8.86. The fraction of sp³-hybridized carbons (Fsp3) is 0.263. The van der Waals surface area contributed by atoms with Crippen LogP contribution in [-0.2, 0) is 12.0 Å². The maximum atomic E-state index is 6.57. The molecule has 0 aliphatic heterocycles. The van der Waals surface area contributed by atoms with Crippen molar-refractivity contribution in [1.82, 2.24) is 5.32 Å². The number of allylic oxidation sites excluding steroid dienone is 7. The number of hydrogen-bond donors (Lipinski definition) is 2. The van der Waals surface area contributed by atoms with Crippen molar-refractivity contribution in [2.45, 2.75) is 64.0 Å². The van der Waals surface area contributed by atoms with Crippen LogP contribution in [0, 0.1) is 0 Å². The van der Waals surface area contributed by atoms with Gasteiger partial charge in [0.2, 0.25) is 0 Å². The summed E-state index contributed by atoms with van der Waals surface area (Å²) in [6, 6.07) is 26.5. The number of fused-ring (bicyclic) bond motifs is 2. The van der Waals surface area contributed by atoms with E-state index in [9.17, 15) is 0 Å². The van der Waals surface area contributed by atoms with Gasteiger partial charge < -0.3 is 11.1 Å². The molecule has 0 saturated heterocycles. The summed E-state index contributed by atoms with van der Waals surface area (Å²) < 4.78 is 0. The highest BCUT2D eigenvalue weighted by molar-refractivity contribution is 5.88. The van der Waals surface area contributed by atoms with Crippen LogP contribution in [0.15, 0.2) is 120 Å². The van der Waals surface area contributed by atoms with Crippen molar-refractivity contribution in [2.75, 3.05) is 0 Å². The maximum Gasteiger partial charge on any atom is 0.0491 e. The molecule has 0 fully saturated rings. The zero-order chi connectivity index (χ0) is 27.5. The van der Waals surface area contributed by atoms with Crippen molar-refractivity contribution >= 4 is 11.3 Å². The molecule has 202 valence electrons. The number of hydrogen-bond acceptors (Lipinski definition) is 2. The Bertz CT molecular complexity index is 1550. The van der Waals surface area contributed by atoms with E-state index >= 15 is 0 Å². The lowest BCUT2D eigenvalue weighted by Crippen LogP contribution is -2.30. The summed E-state index contributed by atoms with van der Waals surface area (Å²) in [4.78, 5) is 0. The standard InChI is InChI=1S/C38H40N2/c1-38(2)34-20-11-5-10-19-32(34)33-24-31(21-22-35(33)38)30-18-12-13-27(23-30)26-40-37(29-16-8-4-9-17-29)25-36(39)28-14-6-3-7-15-28/h3,5-7,10-16,18-19,21-25,37,40H,4,8-9,17,20,26,39H2,1-2H3/b36-25-. The zero-order valence-corrected chi connectivity index (χ0v) is 23.8. The second-order valence-corrected chi connectivity index (χ2v) is 11.8. The summed E-state index contributed by atoms with van der Waals surface area (Å²) in [5.74, 6) is 0. The maximum absolute atomic E-state index is 6.57. The molecule has 3 aromatic rings. The van der Waals surface area contributed by atoms with Gasteiger partial charge in [-0.05, 0) is 94.8 Å². The molecule has 2 nitrogen and oxygen atoms in total. The fourth-order valence-corrected chi connectivity index (χ4v) is 6.56. The van der Waals surface area contributed by atoms with Gasteiger partial charge in [-0.25, -0.2) is 0 Å². The van der Waals surface area contributed by atoms with Crippen molar-refractivity contribution in [3.63, 3.8) is 0 Å². The van der Waals surface area contributed by atoms with E-state index in [1.165, 1.54) is 57.4 Å². The van der Waals surface area contributed by atoms with Gasteiger partial charge in [0, 0.05) is 23.7 Å². The predicted octanol–water partition coefficient (Wildman–Crippen LogP) is 8.87. The van der Waals surface area contributed by atoms with Gasteiger partial charge in [-0.3, -0.25) is 0 Å². The van der Waals surface area contributed by atoms with E-state index in [1.54, 1.807) is 0 Å². The highest BCUT2D eigenvalue weighted by Gasteiger charge is 2.36. The quantitative estimate of drug-likeness (QED) is 0.303. The van der Waals surface area contributed by atoms with Crippen LogP contribution in [0.5, 0.6) is 0 Å². The molecular weight excluding hydrogens is 484 g/mol. The lowest BCUT2D eigenvalue weighted by atomic mass is 9.79. The second-order valence-electron chi connectivity index (χ2n) is 11.8. The van der Waals surface area contributed by atoms with Crippen LogP contribution in [0.1, 0.15) is 68.2 Å². The van der Waals surface area contributed by atoms with Gasteiger partial charge in [-0.1, -0.05) is 110 Å². The van der Waals surface area contributed by atoms with E-state index < -0.39 is 0 Å². The molecule has 0 aromatic heterocycles. The van der Waals surface area contributed by atoms with E-state index in [1.807, 2.05) is 18.2 Å². The molecule has 3 aliphatic rings. The first kappa shape index (κ1) is 26.3. The van der Waals surface area contributed by atoms with Crippen LogP contribution >= 0.6 is 0 Å². The molecule has 0 radical (unpaired) electrons. The highest BCUT2D eigenvalue weighted by Crippen LogP contribution is 2.49. The Kier molecular flexibility index (Phi) is 7.45. The molecule has 0 amide bonds. The topological polar surface area (TPSA) is 38.0 Å². The Hall–Kier alpha value is -3.88. The molecule has 1 unspecified atom stereocenters. The number of benzene rings is 3. The summed E-state index contributed by atoms with van der Waals surface area (Å²) in [5.41, 5.74) is 19.5. The molecule has 40 heavy (non-hydrogen) atoms. The SMILES string of the molecule is CC1(C)C2=C(C=CC=CC2)c2cc(-c3cccc(CNC(/C=C(\N)c4ccccc4)C4=CCCCC4)c3)ccc21. The van der Waals surface area contributed by atoms with Gasteiger partial charge in [-0.15, -0.1) is 0 Å². The van der Waals surface area contributed by atoms with E-state index in [0.717, 1.165) is 37.1 Å². The van der Waals surface area contributed by atoms with Crippen molar-refractivity contribution in [3.8, 4) is 11.1 Å². The van der Waals surface area contributed by atoms with Crippen LogP contribution in [0.25, 0.3) is 22.4 Å². The van der Waals surface area contributed by atoms with Gasteiger partial charge >= 0.3 is 0 Å². The molecule has 1 atom stereocenters. The minimum absolute atomic E-state index is 0.0614. The number of nitrogens with one attached hydrogen (secondary N) is 1. The zero-order valence-electron chi connectivity index (χ0n) is 23.8. The Labute approximate surface area is 239 Å². The van der Waals surface area contributed by atoms with Gasteiger partial charge in [0.15, 0.2) is 0 Å². The van der Waals surface area contributed by atoms with Gasteiger partial charge in [-0.2, -0.15) is 0 Å². The lowest BCUT2D eigenvalue weighted by molar-refractivity contribution is 0.591. The van der Waals surface area contributed by atoms with E-state index in [-0.39, 0.29) is 11.5 Å². The Morgan fingerprint density at radius 2 is 1.80 bits per heavy atom. The van der Waals surface area contributed by atoms with Crippen LogP contribution < -0.4 is 11.1 Å². The monoisotopic (exact) mass is 524 g/mol. The number of rotatable bonds is 7. The van der Waals surface area contributed by atoms with E-state index in [2.05, 4.69) is 110 Å². The van der Waals surface area contributed by atoms with Crippen molar-refractivity contribution in [3.05, 3.63) is 143 Å². The molecule has 6 rings (SSSR count). The van der Waals surface area contributed by atoms with E-state index in [4.69, 9.17) is 5.73 Å². The molecular formula is C38H40N2. The third kappa shape index (κ3) is 5.29. The Morgan fingerprint density at radius 3 is 2.62 bits per heavy atom. The van der Waals surface area contributed by atoms with Gasteiger partial charge in [0.1, 0.15) is 0 Å². The smallest absolute Gasteiger partial charge is 0.0491 e. The molecule has 3 aromatic carbocycles. The van der Waals surface area contributed by atoms with Crippen LogP contribution in [0.2, 0.25) is 0 Å². The first-order valence-corrected chi connectivity index (χ1v) is 14.8. The Morgan fingerprint density at radius 1 is 0.950 bits per heavy atom. The summed E-state index contributed by atoms with van der Waals surface area (Å²) in [6.45, 7) is 5.52. The van der Waals surface area contributed by atoms with Crippen molar-refractivity contribution in [1.29, 1.82) is 0 Å². The average molecular weight is 525 g/mol.